The van der Waals surface area contributed by atoms with Gasteiger partial charge in [0.25, 0.3) is 0 Å². The molecule has 0 spiro atoms. The standard InChI is InChI=1S/C14H22N2O3S/c1-2-20(18,19)16-12-8-6-11(7-9-12)14(17)13-5-3-4-10-15-13/h6-9,13-17H,2-5,10H2,1H3. The van der Waals surface area contributed by atoms with Crippen molar-refractivity contribution in [1.29, 1.82) is 0 Å². The minimum absolute atomic E-state index is 0.0450. The fraction of sp³-hybridized carbons (Fsp3) is 0.571. The van der Waals surface area contributed by atoms with Crippen LogP contribution in [0.15, 0.2) is 24.3 Å². The minimum Gasteiger partial charge on any atom is -0.387 e. The molecule has 3 N–H and O–H groups in total. The summed E-state index contributed by atoms with van der Waals surface area (Å²) in [5.41, 5.74) is 1.34. The molecule has 0 amide bonds. The Kier molecular flexibility index (Phi) is 5.01. The Morgan fingerprint density at radius 1 is 1.35 bits per heavy atom. The highest BCUT2D eigenvalue weighted by atomic mass is 32.2. The van der Waals surface area contributed by atoms with Crippen LogP contribution in [0.3, 0.4) is 0 Å². The summed E-state index contributed by atoms with van der Waals surface area (Å²) in [6, 6.07) is 7.01. The van der Waals surface area contributed by atoms with Crippen LogP contribution in [0.4, 0.5) is 5.69 Å². The van der Waals surface area contributed by atoms with Gasteiger partial charge >= 0.3 is 0 Å². The molecule has 1 aliphatic rings. The molecule has 1 aromatic rings. The fourth-order valence-electron chi connectivity index (χ4n) is 2.38. The van der Waals surface area contributed by atoms with E-state index >= 15 is 0 Å². The summed E-state index contributed by atoms with van der Waals surface area (Å²) >= 11 is 0. The van der Waals surface area contributed by atoms with E-state index in [-0.39, 0.29) is 11.8 Å². The third-order valence-electron chi connectivity index (χ3n) is 3.64. The minimum atomic E-state index is -3.25. The van der Waals surface area contributed by atoms with Crippen molar-refractivity contribution in [3.8, 4) is 0 Å². The van der Waals surface area contributed by atoms with Crippen LogP contribution in [0.1, 0.15) is 37.9 Å². The largest absolute Gasteiger partial charge is 0.387 e. The molecule has 6 heteroatoms. The van der Waals surface area contributed by atoms with Gasteiger partial charge in [0.1, 0.15) is 0 Å². The van der Waals surface area contributed by atoms with Gasteiger partial charge in [-0.3, -0.25) is 4.72 Å². The zero-order valence-corrected chi connectivity index (χ0v) is 12.5. The number of hydrogen-bond donors (Lipinski definition) is 3. The van der Waals surface area contributed by atoms with Crippen molar-refractivity contribution in [3.63, 3.8) is 0 Å². The Morgan fingerprint density at radius 2 is 2.05 bits per heavy atom. The van der Waals surface area contributed by atoms with E-state index in [0.29, 0.717) is 5.69 Å². The van der Waals surface area contributed by atoms with Gasteiger partial charge in [-0.05, 0) is 44.0 Å². The van der Waals surface area contributed by atoms with Crippen LogP contribution >= 0.6 is 0 Å². The van der Waals surface area contributed by atoms with Crippen molar-refractivity contribution < 1.29 is 13.5 Å². The first-order chi connectivity index (χ1) is 9.52. The molecule has 20 heavy (non-hydrogen) atoms. The molecule has 0 radical (unpaired) electrons. The monoisotopic (exact) mass is 298 g/mol. The number of piperidine rings is 1. The van der Waals surface area contributed by atoms with Crippen molar-refractivity contribution in [1.82, 2.24) is 5.32 Å². The number of aliphatic hydroxyl groups is 1. The predicted octanol–water partition coefficient (Wildman–Crippen LogP) is 1.62. The van der Waals surface area contributed by atoms with Crippen molar-refractivity contribution in [2.24, 2.45) is 0 Å². The summed E-state index contributed by atoms with van der Waals surface area (Å²) < 4.78 is 25.4. The first kappa shape index (κ1) is 15.3. The predicted molar refractivity (Wildman–Crippen MR) is 80.1 cm³/mol. The van der Waals surface area contributed by atoms with Gasteiger partial charge in [-0.25, -0.2) is 8.42 Å². The Hall–Kier alpha value is -1.11. The second-order valence-corrected chi connectivity index (χ2v) is 7.14. The summed E-state index contributed by atoms with van der Waals surface area (Å²) in [5.74, 6) is 0.0450. The molecule has 0 bridgehead atoms. The lowest BCUT2D eigenvalue weighted by Crippen LogP contribution is -2.38. The molecule has 2 rings (SSSR count). The zero-order valence-electron chi connectivity index (χ0n) is 11.7. The number of benzene rings is 1. The van der Waals surface area contributed by atoms with E-state index in [1.54, 1.807) is 31.2 Å². The molecular weight excluding hydrogens is 276 g/mol. The van der Waals surface area contributed by atoms with E-state index in [0.717, 1.165) is 31.4 Å². The number of rotatable bonds is 5. The van der Waals surface area contributed by atoms with Gasteiger partial charge in [0.2, 0.25) is 10.0 Å². The molecule has 0 aliphatic carbocycles. The van der Waals surface area contributed by atoms with Crippen LogP contribution in [0.25, 0.3) is 0 Å². The first-order valence-electron chi connectivity index (χ1n) is 7.04. The third kappa shape index (κ3) is 3.94. The molecule has 1 aromatic carbocycles. The highest BCUT2D eigenvalue weighted by Crippen LogP contribution is 2.24. The van der Waals surface area contributed by atoms with E-state index in [1.165, 1.54) is 0 Å². The summed E-state index contributed by atoms with van der Waals surface area (Å²) in [5, 5.41) is 13.6. The molecule has 5 nitrogen and oxygen atoms in total. The molecular formula is C14H22N2O3S. The maximum Gasteiger partial charge on any atom is 0.232 e. The maximum absolute atomic E-state index is 11.5. The molecule has 1 saturated heterocycles. The molecule has 0 saturated carbocycles. The van der Waals surface area contributed by atoms with Gasteiger partial charge in [-0.2, -0.15) is 0 Å². The number of hydrogen-bond acceptors (Lipinski definition) is 4. The van der Waals surface area contributed by atoms with Crippen molar-refractivity contribution >= 4 is 15.7 Å². The highest BCUT2D eigenvalue weighted by molar-refractivity contribution is 7.92. The lowest BCUT2D eigenvalue weighted by atomic mass is 9.95. The second kappa shape index (κ2) is 6.56. The van der Waals surface area contributed by atoms with E-state index in [1.807, 2.05) is 0 Å². The summed E-state index contributed by atoms with van der Waals surface area (Å²) in [6.07, 6.45) is 2.70. The lowest BCUT2D eigenvalue weighted by molar-refractivity contribution is 0.114. The van der Waals surface area contributed by atoms with Crippen molar-refractivity contribution in [3.05, 3.63) is 29.8 Å². The van der Waals surface area contributed by atoms with Gasteiger partial charge in [-0.15, -0.1) is 0 Å². The van der Waals surface area contributed by atoms with Crippen LogP contribution in [0.5, 0.6) is 0 Å². The Labute approximate surface area is 120 Å². The SMILES string of the molecule is CCS(=O)(=O)Nc1ccc(C(O)C2CCCCN2)cc1. The van der Waals surface area contributed by atoms with Gasteiger partial charge in [-0.1, -0.05) is 18.6 Å². The quantitative estimate of drug-likeness (QED) is 0.772. The van der Waals surface area contributed by atoms with Crippen LogP contribution < -0.4 is 10.0 Å². The molecule has 2 atom stereocenters. The van der Waals surface area contributed by atoms with Crippen molar-refractivity contribution in [2.45, 2.75) is 38.3 Å². The third-order valence-corrected chi connectivity index (χ3v) is 4.94. The van der Waals surface area contributed by atoms with E-state index in [9.17, 15) is 13.5 Å². The smallest absolute Gasteiger partial charge is 0.232 e. The summed E-state index contributed by atoms with van der Waals surface area (Å²) in [4.78, 5) is 0. The Balaban J connectivity index is 2.03. The average Bonchev–Trinajstić information content (AvgIpc) is 2.48. The molecule has 1 fully saturated rings. The lowest BCUT2D eigenvalue weighted by Gasteiger charge is -2.28. The summed E-state index contributed by atoms with van der Waals surface area (Å²) in [7, 11) is -3.25. The van der Waals surface area contributed by atoms with Gasteiger partial charge in [0, 0.05) is 11.7 Å². The Bertz CT molecular complexity index is 522. The fourth-order valence-corrected chi connectivity index (χ4v) is 3.02. The maximum atomic E-state index is 11.5. The number of sulfonamides is 1. The highest BCUT2D eigenvalue weighted by Gasteiger charge is 2.22. The summed E-state index contributed by atoms with van der Waals surface area (Å²) in [6.45, 7) is 2.53. The molecule has 0 aromatic heterocycles. The topological polar surface area (TPSA) is 78.4 Å². The molecule has 2 unspecified atom stereocenters. The van der Waals surface area contributed by atoms with Crippen LogP contribution in [-0.2, 0) is 10.0 Å². The van der Waals surface area contributed by atoms with Gasteiger partial charge in [0.15, 0.2) is 0 Å². The molecule has 1 heterocycles. The van der Waals surface area contributed by atoms with E-state index in [2.05, 4.69) is 10.0 Å². The normalized spacial score (nSPS) is 21.4. The second-order valence-electron chi connectivity index (χ2n) is 5.13. The van der Waals surface area contributed by atoms with Crippen LogP contribution in [0, 0.1) is 0 Å². The van der Waals surface area contributed by atoms with Gasteiger partial charge in [0.05, 0.1) is 11.9 Å². The number of anilines is 1. The number of aliphatic hydroxyl groups excluding tert-OH is 1. The Morgan fingerprint density at radius 3 is 2.60 bits per heavy atom. The van der Waals surface area contributed by atoms with E-state index < -0.39 is 16.1 Å². The first-order valence-corrected chi connectivity index (χ1v) is 8.69. The van der Waals surface area contributed by atoms with Gasteiger partial charge < -0.3 is 10.4 Å². The van der Waals surface area contributed by atoms with Crippen molar-refractivity contribution in [2.75, 3.05) is 17.0 Å². The van der Waals surface area contributed by atoms with Crippen LogP contribution in [-0.4, -0.2) is 31.9 Å². The zero-order chi connectivity index (χ0) is 14.6. The molecule has 112 valence electrons. The molecule has 1 aliphatic heterocycles. The van der Waals surface area contributed by atoms with E-state index in [4.69, 9.17) is 0 Å². The average molecular weight is 298 g/mol. The number of nitrogens with one attached hydrogen (secondary N) is 2. The van der Waals surface area contributed by atoms with Crippen LogP contribution in [0.2, 0.25) is 0 Å².